The van der Waals surface area contributed by atoms with Crippen molar-refractivity contribution in [3.8, 4) is 22.5 Å². The van der Waals surface area contributed by atoms with Crippen LogP contribution in [0, 0.1) is 0 Å². The molecule has 7 rings (SSSR count). The molecule has 1 fully saturated rings. The second-order valence-electron chi connectivity index (χ2n) is 8.54. The molecule has 0 radical (unpaired) electrons. The summed E-state index contributed by atoms with van der Waals surface area (Å²) in [6.07, 6.45) is 5.09. The fourth-order valence-corrected chi connectivity index (χ4v) is 6.30. The summed E-state index contributed by atoms with van der Waals surface area (Å²) in [4.78, 5) is 16.2. The lowest BCUT2D eigenvalue weighted by molar-refractivity contribution is 0.789. The molecule has 174 valence electrons. The summed E-state index contributed by atoms with van der Waals surface area (Å²) >= 11 is 3.30. The number of aromatic nitrogens is 6. The molecule has 0 spiro atoms. The Hall–Kier alpha value is -3.76. The highest BCUT2D eigenvalue weighted by atomic mass is 32.1. The Balaban J connectivity index is 1.07. The number of nitrogens with zero attached hydrogens (tertiary/aromatic N) is 8. The van der Waals surface area contributed by atoms with Gasteiger partial charge in [-0.15, -0.1) is 10.2 Å². The minimum Gasteiger partial charge on any atom is -0.345 e. The summed E-state index contributed by atoms with van der Waals surface area (Å²) in [5.41, 5.74) is 4.15. The second-order valence-corrected chi connectivity index (χ2v) is 10.4. The number of anilines is 2. The van der Waals surface area contributed by atoms with Crippen LogP contribution in [0.25, 0.3) is 32.4 Å². The number of fused-ring (bicyclic) bond motifs is 2. The van der Waals surface area contributed by atoms with Gasteiger partial charge in [0.2, 0.25) is 20.2 Å². The molecule has 6 aromatic rings. The minimum absolute atomic E-state index is 0.902. The molecule has 0 N–H and O–H groups in total. The molecule has 2 aromatic carbocycles. The van der Waals surface area contributed by atoms with Crippen LogP contribution >= 0.6 is 22.7 Å². The fourth-order valence-electron chi connectivity index (χ4n) is 4.43. The van der Waals surface area contributed by atoms with Crippen molar-refractivity contribution in [2.45, 2.75) is 6.42 Å². The smallest absolute Gasteiger partial charge is 0.214 e. The van der Waals surface area contributed by atoms with Gasteiger partial charge in [0.15, 0.2) is 0 Å². The summed E-state index contributed by atoms with van der Waals surface area (Å²) in [6, 6.07) is 20.5. The number of hydrogen-bond donors (Lipinski definition) is 0. The van der Waals surface area contributed by atoms with Gasteiger partial charge in [0, 0.05) is 37.3 Å². The van der Waals surface area contributed by atoms with Crippen LogP contribution in [0.1, 0.15) is 6.42 Å². The van der Waals surface area contributed by atoms with Crippen molar-refractivity contribution in [2.75, 3.05) is 36.0 Å². The maximum Gasteiger partial charge on any atom is 0.214 e. The zero-order chi connectivity index (χ0) is 23.2. The molecule has 0 unspecified atom stereocenters. The van der Waals surface area contributed by atoms with E-state index < -0.39 is 0 Å². The zero-order valence-corrected chi connectivity index (χ0v) is 20.5. The molecule has 0 amide bonds. The molecule has 5 heterocycles. The van der Waals surface area contributed by atoms with Crippen LogP contribution < -0.4 is 9.80 Å². The molecule has 4 aromatic heterocycles. The lowest BCUT2D eigenvalue weighted by atomic mass is 10.2. The zero-order valence-electron chi connectivity index (χ0n) is 18.9. The van der Waals surface area contributed by atoms with E-state index in [1.54, 1.807) is 22.7 Å². The Morgan fingerprint density at radius 2 is 1.03 bits per heavy atom. The van der Waals surface area contributed by atoms with Crippen LogP contribution in [0.2, 0.25) is 0 Å². The van der Waals surface area contributed by atoms with Gasteiger partial charge in [-0.05, 0) is 6.42 Å². The van der Waals surface area contributed by atoms with Crippen molar-refractivity contribution >= 4 is 42.9 Å². The molecule has 10 heteroatoms. The van der Waals surface area contributed by atoms with Gasteiger partial charge >= 0.3 is 0 Å². The summed E-state index contributed by atoms with van der Waals surface area (Å²) in [7, 11) is 0. The molecule has 0 saturated carbocycles. The van der Waals surface area contributed by atoms with Crippen molar-refractivity contribution in [3.63, 3.8) is 0 Å². The number of benzene rings is 2. The summed E-state index contributed by atoms with van der Waals surface area (Å²) in [5.74, 6) is 0. The predicted molar refractivity (Wildman–Crippen MR) is 142 cm³/mol. The Kier molecular flexibility index (Phi) is 4.99. The van der Waals surface area contributed by atoms with Crippen molar-refractivity contribution in [1.29, 1.82) is 0 Å². The Bertz CT molecular complexity index is 1410. The van der Waals surface area contributed by atoms with Crippen molar-refractivity contribution < 1.29 is 0 Å². The molecule has 35 heavy (non-hydrogen) atoms. The van der Waals surface area contributed by atoms with Gasteiger partial charge in [-0.3, -0.25) is 0 Å². The lowest BCUT2D eigenvalue weighted by Crippen LogP contribution is -2.30. The van der Waals surface area contributed by atoms with E-state index in [1.807, 2.05) is 57.8 Å². The molecule has 1 aliphatic rings. The molecular weight excluding hydrogens is 476 g/mol. The van der Waals surface area contributed by atoms with E-state index in [1.165, 1.54) is 0 Å². The molecule has 0 bridgehead atoms. The fraction of sp³-hybridized carbons (Fsp3) is 0.200. The van der Waals surface area contributed by atoms with Gasteiger partial charge in [0.25, 0.3) is 0 Å². The van der Waals surface area contributed by atoms with Crippen LogP contribution in [0.4, 0.5) is 10.3 Å². The van der Waals surface area contributed by atoms with Gasteiger partial charge in [-0.1, -0.05) is 83.3 Å². The number of rotatable bonds is 4. The lowest BCUT2D eigenvalue weighted by Gasteiger charge is -2.20. The van der Waals surface area contributed by atoms with E-state index in [0.29, 0.717) is 0 Å². The SMILES string of the molecule is c1ccc(-c2cn3nc(N4CCCN(c5nn6cc(-c7ccccc7)nc6s5)CC4)sc3n2)cc1. The predicted octanol–water partition coefficient (Wildman–Crippen LogP) is 4.95. The van der Waals surface area contributed by atoms with E-state index in [-0.39, 0.29) is 0 Å². The maximum absolute atomic E-state index is 4.84. The highest BCUT2D eigenvalue weighted by molar-refractivity contribution is 7.20. The third kappa shape index (κ3) is 3.84. The van der Waals surface area contributed by atoms with Crippen molar-refractivity contribution in [2.24, 2.45) is 0 Å². The summed E-state index contributed by atoms with van der Waals surface area (Å²) in [5, 5.41) is 11.7. The Morgan fingerprint density at radius 3 is 1.46 bits per heavy atom. The number of imidazole rings is 2. The first-order valence-corrected chi connectivity index (χ1v) is 13.3. The molecule has 8 nitrogen and oxygen atoms in total. The van der Waals surface area contributed by atoms with Crippen LogP contribution in [0.5, 0.6) is 0 Å². The highest BCUT2D eigenvalue weighted by Gasteiger charge is 2.22. The molecule has 1 aliphatic heterocycles. The van der Waals surface area contributed by atoms with E-state index in [4.69, 9.17) is 20.2 Å². The van der Waals surface area contributed by atoms with Crippen LogP contribution in [0.15, 0.2) is 73.1 Å². The average Bonchev–Trinajstić information content (AvgIpc) is 3.62. The second kappa shape index (κ2) is 8.47. The number of hydrogen-bond acceptors (Lipinski definition) is 8. The molecular formula is C25H22N8S2. The largest absolute Gasteiger partial charge is 0.345 e. The Labute approximate surface area is 209 Å². The molecule has 1 saturated heterocycles. The topological polar surface area (TPSA) is 66.9 Å². The van der Waals surface area contributed by atoms with Gasteiger partial charge < -0.3 is 9.80 Å². The van der Waals surface area contributed by atoms with Gasteiger partial charge in [0.1, 0.15) is 0 Å². The Morgan fingerprint density at radius 1 is 0.571 bits per heavy atom. The monoisotopic (exact) mass is 498 g/mol. The van der Waals surface area contributed by atoms with Crippen LogP contribution in [-0.4, -0.2) is 55.4 Å². The van der Waals surface area contributed by atoms with Gasteiger partial charge in [-0.25, -0.2) is 19.0 Å². The minimum atomic E-state index is 0.902. The van der Waals surface area contributed by atoms with Crippen molar-refractivity contribution in [1.82, 2.24) is 29.2 Å². The van der Waals surface area contributed by atoms with Crippen LogP contribution in [-0.2, 0) is 0 Å². The quantitative estimate of drug-likeness (QED) is 0.343. The average molecular weight is 499 g/mol. The van der Waals surface area contributed by atoms with E-state index in [0.717, 1.165) is 75.3 Å². The standard InChI is InChI=1S/C25H22N8S2/c1-3-8-18(9-4-1)20-16-32-22(26-20)34-24(28-32)30-12-7-13-31(15-14-30)25-29-33-17-21(27-23(33)35-25)19-10-5-2-6-11-19/h1-6,8-11,16-17H,7,12-15H2. The van der Waals surface area contributed by atoms with E-state index in [2.05, 4.69) is 34.1 Å². The summed E-state index contributed by atoms with van der Waals surface area (Å²) in [6.45, 7) is 3.75. The molecule has 0 atom stereocenters. The third-order valence-corrected chi connectivity index (χ3v) is 8.21. The molecule has 0 aliphatic carbocycles. The highest BCUT2D eigenvalue weighted by Crippen LogP contribution is 2.30. The normalized spacial score (nSPS) is 14.7. The van der Waals surface area contributed by atoms with Crippen molar-refractivity contribution in [3.05, 3.63) is 73.1 Å². The van der Waals surface area contributed by atoms with E-state index in [9.17, 15) is 0 Å². The maximum atomic E-state index is 4.84. The van der Waals surface area contributed by atoms with Gasteiger partial charge in [0.05, 0.1) is 23.8 Å². The van der Waals surface area contributed by atoms with Gasteiger partial charge in [-0.2, -0.15) is 0 Å². The first kappa shape index (κ1) is 20.6. The third-order valence-electron chi connectivity index (χ3n) is 6.24. The van der Waals surface area contributed by atoms with Crippen LogP contribution in [0.3, 0.4) is 0 Å². The first-order valence-electron chi connectivity index (χ1n) is 11.6. The summed E-state index contributed by atoms with van der Waals surface area (Å²) < 4.78 is 3.82. The van der Waals surface area contributed by atoms with E-state index >= 15 is 0 Å². The first-order chi connectivity index (χ1) is 17.3.